The molecule has 0 spiro atoms. The lowest BCUT2D eigenvalue weighted by Gasteiger charge is -2.26. The predicted molar refractivity (Wildman–Crippen MR) is 64.8 cm³/mol. The summed E-state index contributed by atoms with van der Waals surface area (Å²) in [6.07, 6.45) is 2.30. The summed E-state index contributed by atoms with van der Waals surface area (Å²) < 4.78 is 0. The zero-order chi connectivity index (χ0) is 11.5. The summed E-state index contributed by atoms with van der Waals surface area (Å²) in [5.41, 5.74) is 1.82. The Bertz CT molecular complexity index is 366. The average molecular weight is 242 g/mol. The van der Waals surface area contributed by atoms with Gasteiger partial charge in [0.05, 0.1) is 13.2 Å². The lowest BCUT2D eigenvalue weighted by molar-refractivity contribution is 0.280. The van der Waals surface area contributed by atoms with Gasteiger partial charge in [0.2, 0.25) is 0 Å². The summed E-state index contributed by atoms with van der Waals surface area (Å²) in [4.78, 5) is 2.14. The second-order valence-corrected chi connectivity index (χ2v) is 4.52. The molecule has 88 valence electrons. The smallest absolute Gasteiger partial charge is 0.0702 e. The first-order chi connectivity index (χ1) is 7.76. The van der Waals surface area contributed by atoms with Crippen molar-refractivity contribution in [1.29, 1.82) is 0 Å². The minimum absolute atomic E-state index is 0.00114. The van der Waals surface area contributed by atoms with Crippen LogP contribution in [0.5, 0.6) is 0 Å². The lowest BCUT2D eigenvalue weighted by Crippen LogP contribution is -2.29. The molecule has 1 fully saturated rings. The van der Waals surface area contributed by atoms with Crippen molar-refractivity contribution < 1.29 is 10.2 Å². The molecule has 2 N–H and O–H groups in total. The molecule has 0 atom stereocenters. The van der Waals surface area contributed by atoms with Crippen LogP contribution in [0.1, 0.15) is 18.4 Å². The highest BCUT2D eigenvalue weighted by Gasteiger charge is 2.29. The Morgan fingerprint density at radius 2 is 2.06 bits per heavy atom. The molecule has 16 heavy (non-hydrogen) atoms. The predicted octanol–water partition coefficient (Wildman–Crippen LogP) is 1.79. The van der Waals surface area contributed by atoms with E-state index in [0.717, 1.165) is 24.1 Å². The van der Waals surface area contributed by atoms with Crippen LogP contribution in [0.2, 0.25) is 5.02 Å². The number of anilines is 1. The van der Waals surface area contributed by atoms with Crippen LogP contribution in [0.3, 0.4) is 0 Å². The molecular weight excluding hydrogens is 226 g/mol. The maximum absolute atomic E-state index is 9.30. The largest absolute Gasteiger partial charge is 0.395 e. The van der Waals surface area contributed by atoms with Gasteiger partial charge in [-0.1, -0.05) is 17.7 Å². The highest BCUT2D eigenvalue weighted by molar-refractivity contribution is 6.30. The lowest BCUT2D eigenvalue weighted by atomic mass is 10.1. The van der Waals surface area contributed by atoms with E-state index in [1.54, 1.807) is 6.07 Å². The molecule has 0 radical (unpaired) electrons. The molecular formula is C12H16ClNO2. The number of aliphatic hydroxyl groups is 2. The molecule has 1 aliphatic rings. The van der Waals surface area contributed by atoms with Crippen molar-refractivity contribution in [3.8, 4) is 0 Å². The topological polar surface area (TPSA) is 43.7 Å². The first-order valence-corrected chi connectivity index (χ1v) is 5.91. The van der Waals surface area contributed by atoms with Crippen LogP contribution in [-0.2, 0) is 6.61 Å². The second-order valence-electron chi connectivity index (χ2n) is 4.08. The van der Waals surface area contributed by atoms with Crippen molar-refractivity contribution in [2.45, 2.75) is 25.5 Å². The van der Waals surface area contributed by atoms with E-state index in [4.69, 9.17) is 16.7 Å². The van der Waals surface area contributed by atoms with Gasteiger partial charge in [0.15, 0.2) is 0 Å². The van der Waals surface area contributed by atoms with Gasteiger partial charge in [-0.25, -0.2) is 0 Å². The number of hydrogen-bond donors (Lipinski definition) is 2. The Balaban J connectivity index is 2.30. The minimum atomic E-state index is 0.00114. The van der Waals surface area contributed by atoms with E-state index in [1.807, 2.05) is 12.1 Å². The van der Waals surface area contributed by atoms with Gasteiger partial charge in [0.25, 0.3) is 0 Å². The van der Waals surface area contributed by atoms with Gasteiger partial charge in [0, 0.05) is 28.9 Å². The summed E-state index contributed by atoms with van der Waals surface area (Å²) in [5, 5.41) is 19.0. The maximum atomic E-state index is 9.30. The molecule has 0 heterocycles. The SMILES string of the molecule is OCCN(c1cc(Cl)ccc1CO)C1CC1. The van der Waals surface area contributed by atoms with Gasteiger partial charge in [-0.05, 0) is 25.0 Å². The number of aliphatic hydroxyl groups excluding tert-OH is 2. The van der Waals surface area contributed by atoms with E-state index in [9.17, 15) is 5.11 Å². The Labute approximate surface area is 100 Å². The number of hydrogen-bond acceptors (Lipinski definition) is 3. The zero-order valence-electron chi connectivity index (χ0n) is 9.06. The van der Waals surface area contributed by atoms with E-state index in [-0.39, 0.29) is 13.2 Å². The molecule has 0 bridgehead atoms. The highest BCUT2D eigenvalue weighted by Crippen LogP contribution is 2.34. The number of halogens is 1. The van der Waals surface area contributed by atoms with Gasteiger partial charge < -0.3 is 15.1 Å². The van der Waals surface area contributed by atoms with Crippen molar-refractivity contribution in [2.24, 2.45) is 0 Å². The van der Waals surface area contributed by atoms with Crippen LogP contribution in [0.4, 0.5) is 5.69 Å². The van der Waals surface area contributed by atoms with Crippen molar-refractivity contribution in [2.75, 3.05) is 18.1 Å². The molecule has 0 saturated heterocycles. The molecule has 1 aliphatic carbocycles. The standard InChI is InChI=1S/C12H16ClNO2/c13-10-2-1-9(8-16)12(7-10)14(5-6-15)11-3-4-11/h1-2,7,11,15-16H,3-6,8H2. The molecule has 0 aliphatic heterocycles. The van der Waals surface area contributed by atoms with Crippen LogP contribution >= 0.6 is 11.6 Å². The van der Waals surface area contributed by atoms with Gasteiger partial charge in [-0.2, -0.15) is 0 Å². The fraction of sp³-hybridized carbons (Fsp3) is 0.500. The average Bonchev–Trinajstić information content (AvgIpc) is 3.10. The fourth-order valence-corrected chi connectivity index (χ4v) is 2.10. The molecule has 1 saturated carbocycles. The van der Waals surface area contributed by atoms with Crippen LogP contribution in [-0.4, -0.2) is 29.4 Å². The summed E-state index contributed by atoms with van der Waals surface area (Å²) in [6, 6.07) is 5.97. The van der Waals surface area contributed by atoms with Crippen molar-refractivity contribution in [3.05, 3.63) is 28.8 Å². The number of benzene rings is 1. The highest BCUT2D eigenvalue weighted by atomic mass is 35.5. The third-order valence-electron chi connectivity index (χ3n) is 2.86. The van der Waals surface area contributed by atoms with Gasteiger partial charge >= 0.3 is 0 Å². The Hall–Kier alpha value is -0.770. The normalized spacial score (nSPS) is 15.2. The molecule has 1 aromatic rings. The number of rotatable bonds is 5. The Kier molecular flexibility index (Phi) is 3.69. The van der Waals surface area contributed by atoms with Crippen LogP contribution in [0.25, 0.3) is 0 Å². The van der Waals surface area contributed by atoms with E-state index in [1.165, 1.54) is 0 Å². The maximum Gasteiger partial charge on any atom is 0.0702 e. The van der Waals surface area contributed by atoms with Crippen LogP contribution < -0.4 is 4.90 Å². The minimum Gasteiger partial charge on any atom is -0.395 e. The molecule has 0 amide bonds. The third-order valence-corrected chi connectivity index (χ3v) is 3.09. The van der Waals surface area contributed by atoms with Gasteiger partial charge in [-0.15, -0.1) is 0 Å². The molecule has 4 heteroatoms. The first-order valence-electron chi connectivity index (χ1n) is 5.53. The van der Waals surface area contributed by atoms with Gasteiger partial charge in [0.1, 0.15) is 0 Å². The molecule has 1 aromatic carbocycles. The van der Waals surface area contributed by atoms with E-state index in [2.05, 4.69) is 4.90 Å². The zero-order valence-corrected chi connectivity index (χ0v) is 9.82. The quantitative estimate of drug-likeness (QED) is 0.826. The third kappa shape index (κ3) is 2.48. The van der Waals surface area contributed by atoms with E-state index in [0.29, 0.717) is 17.6 Å². The van der Waals surface area contributed by atoms with Gasteiger partial charge in [-0.3, -0.25) is 0 Å². The van der Waals surface area contributed by atoms with E-state index >= 15 is 0 Å². The fourth-order valence-electron chi connectivity index (χ4n) is 1.93. The molecule has 2 rings (SSSR count). The Morgan fingerprint density at radius 1 is 1.31 bits per heavy atom. The summed E-state index contributed by atoms with van der Waals surface area (Å²) in [5.74, 6) is 0. The first kappa shape index (κ1) is 11.7. The molecule has 3 nitrogen and oxygen atoms in total. The van der Waals surface area contributed by atoms with Crippen molar-refractivity contribution >= 4 is 17.3 Å². The summed E-state index contributed by atoms with van der Waals surface area (Å²) in [7, 11) is 0. The van der Waals surface area contributed by atoms with E-state index < -0.39 is 0 Å². The second kappa shape index (κ2) is 5.04. The summed E-state index contributed by atoms with van der Waals surface area (Å²) in [6.45, 7) is 0.715. The van der Waals surface area contributed by atoms with Crippen LogP contribution in [0.15, 0.2) is 18.2 Å². The van der Waals surface area contributed by atoms with Crippen LogP contribution in [0, 0.1) is 0 Å². The monoisotopic (exact) mass is 241 g/mol. The van der Waals surface area contributed by atoms with Crippen molar-refractivity contribution in [3.63, 3.8) is 0 Å². The molecule has 0 aromatic heterocycles. The Morgan fingerprint density at radius 3 is 2.62 bits per heavy atom. The molecule has 0 unspecified atom stereocenters. The number of nitrogens with zero attached hydrogens (tertiary/aromatic N) is 1. The van der Waals surface area contributed by atoms with Crippen molar-refractivity contribution in [1.82, 2.24) is 0 Å². The summed E-state index contributed by atoms with van der Waals surface area (Å²) >= 11 is 5.97.